The Morgan fingerprint density at radius 2 is 1.43 bits per heavy atom. The van der Waals surface area contributed by atoms with Crippen LogP contribution in [0.4, 0.5) is 0 Å². The third-order valence-corrected chi connectivity index (χ3v) is 3.78. The Morgan fingerprint density at radius 3 is 1.71 bits per heavy atom. The van der Waals surface area contributed by atoms with Crippen LogP contribution in [0.25, 0.3) is 6.08 Å². The minimum Gasteiger partial charge on any atom is -0.507 e. The van der Waals surface area contributed by atoms with Crippen molar-refractivity contribution in [3.05, 3.63) is 34.4 Å². The molecule has 0 fully saturated rings. The van der Waals surface area contributed by atoms with Gasteiger partial charge in [-0.05, 0) is 40.5 Å². The minimum atomic E-state index is -0.125. The molecule has 1 rings (SSSR count). The van der Waals surface area contributed by atoms with E-state index < -0.39 is 0 Å². The molecule has 0 saturated heterocycles. The molecule has 0 unspecified atom stereocenters. The van der Waals surface area contributed by atoms with Gasteiger partial charge in [0.15, 0.2) is 0 Å². The van der Waals surface area contributed by atoms with E-state index in [1.807, 2.05) is 25.1 Å². The molecule has 0 aliphatic rings. The highest BCUT2D eigenvalue weighted by Crippen LogP contribution is 2.40. The summed E-state index contributed by atoms with van der Waals surface area (Å²) < 4.78 is 0. The van der Waals surface area contributed by atoms with Crippen molar-refractivity contribution >= 4 is 6.08 Å². The highest BCUT2D eigenvalue weighted by atomic mass is 16.3. The van der Waals surface area contributed by atoms with E-state index in [0.29, 0.717) is 5.75 Å². The van der Waals surface area contributed by atoms with Gasteiger partial charge in [-0.2, -0.15) is 0 Å². The van der Waals surface area contributed by atoms with Crippen LogP contribution in [0.5, 0.6) is 5.75 Å². The van der Waals surface area contributed by atoms with E-state index in [1.165, 1.54) is 0 Å². The molecule has 0 aliphatic carbocycles. The van der Waals surface area contributed by atoms with Crippen LogP contribution in [-0.2, 0) is 10.8 Å². The summed E-state index contributed by atoms with van der Waals surface area (Å²) in [5.41, 5.74) is 3.71. The van der Waals surface area contributed by atoms with Gasteiger partial charge < -0.3 is 10.2 Å². The van der Waals surface area contributed by atoms with Gasteiger partial charge in [-0.25, -0.2) is 0 Å². The van der Waals surface area contributed by atoms with Gasteiger partial charge in [0.25, 0.3) is 0 Å². The summed E-state index contributed by atoms with van der Waals surface area (Å²) in [5.74, 6) is 0.397. The summed E-state index contributed by atoms with van der Waals surface area (Å²) in [6.07, 6.45) is 2.86. The first-order valence-corrected chi connectivity index (χ1v) is 7.69. The second kappa shape index (κ2) is 6.23. The summed E-state index contributed by atoms with van der Waals surface area (Å²) >= 11 is 0. The second-order valence-electron chi connectivity index (χ2n) is 7.78. The molecule has 0 bridgehead atoms. The van der Waals surface area contributed by atoms with Gasteiger partial charge in [-0.1, -0.05) is 54.5 Å². The smallest absolute Gasteiger partial charge is 0.123 e. The van der Waals surface area contributed by atoms with Crippen molar-refractivity contribution in [3.63, 3.8) is 0 Å². The molecular weight excluding hydrogens is 260 g/mol. The van der Waals surface area contributed by atoms with Crippen molar-refractivity contribution in [2.45, 2.75) is 65.7 Å². The maximum atomic E-state index is 10.7. The van der Waals surface area contributed by atoms with Crippen molar-refractivity contribution in [1.29, 1.82) is 0 Å². The van der Waals surface area contributed by atoms with Gasteiger partial charge in [-0.3, -0.25) is 0 Å². The van der Waals surface area contributed by atoms with Crippen LogP contribution < -0.4 is 0 Å². The lowest BCUT2D eigenvalue weighted by atomic mass is 9.78. The predicted octanol–water partition coefficient (Wildman–Crippen LogP) is 4.77. The average molecular weight is 290 g/mol. The largest absolute Gasteiger partial charge is 0.507 e. The molecule has 1 aromatic rings. The molecular formula is C19H30O2. The molecule has 1 aromatic carbocycles. The van der Waals surface area contributed by atoms with Gasteiger partial charge in [0.1, 0.15) is 5.75 Å². The van der Waals surface area contributed by atoms with Gasteiger partial charge in [0.05, 0.1) is 6.61 Å². The molecule has 0 radical (unpaired) electrons. The van der Waals surface area contributed by atoms with E-state index in [1.54, 1.807) is 0 Å². The topological polar surface area (TPSA) is 40.5 Å². The van der Waals surface area contributed by atoms with E-state index in [-0.39, 0.29) is 17.4 Å². The minimum absolute atomic E-state index is 0.0765. The molecule has 0 aliphatic heterocycles. The van der Waals surface area contributed by atoms with Gasteiger partial charge in [0, 0.05) is 11.1 Å². The number of hydrogen-bond donors (Lipinski definition) is 2. The van der Waals surface area contributed by atoms with Crippen molar-refractivity contribution < 1.29 is 10.2 Å². The first-order chi connectivity index (χ1) is 9.50. The zero-order chi connectivity index (χ0) is 16.4. The molecule has 0 amide bonds. The van der Waals surface area contributed by atoms with Gasteiger partial charge >= 0.3 is 0 Å². The lowest BCUT2D eigenvalue weighted by molar-refractivity contribution is 0.329. The molecule has 0 saturated carbocycles. The van der Waals surface area contributed by atoms with Crippen molar-refractivity contribution in [1.82, 2.24) is 0 Å². The molecule has 118 valence electrons. The van der Waals surface area contributed by atoms with E-state index in [0.717, 1.165) is 28.7 Å². The standard InChI is InChI=1S/C19H30O2/c1-8-13(12-20)9-14-10-15(18(2,3)4)17(21)16(11-14)19(5,6)7/h9-11,20-21H,8,12H2,1-7H3. The molecule has 2 nitrogen and oxygen atoms in total. The number of hydrogen-bond acceptors (Lipinski definition) is 2. The maximum absolute atomic E-state index is 10.7. The normalized spacial score (nSPS) is 13.6. The molecule has 0 spiro atoms. The van der Waals surface area contributed by atoms with Crippen LogP contribution >= 0.6 is 0 Å². The Balaban J connectivity index is 3.59. The summed E-state index contributed by atoms with van der Waals surface area (Å²) in [7, 11) is 0. The summed E-state index contributed by atoms with van der Waals surface area (Å²) in [6, 6.07) is 4.08. The fourth-order valence-corrected chi connectivity index (χ4v) is 2.38. The summed E-state index contributed by atoms with van der Waals surface area (Å²) in [6.45, 7) is 14.8. The first-order valence-electron chi connectivity index (χ1n) is 7.69. The van der Waals surface area contributed by atoms with Crippen LogP contribution in [0.2, 0.25) is 0 Å². The molecule has 0 heterocycles. The van der Waals surface area contributed by atoms with E-state index in [9.17, 15) is 10.2 Å². The fraction of sp³-hybridized carbons (Fsp3) is 0.579. The Labute approximate surface area is 129 Å². The third kappa shape index (κ3) is 4.34. The van der Waals surface area contributed by atoms with E-state index >= 15 is 0 Å². The number of aliphatic hydroxyl groups is 1. The average Bonchev–Trinajstić information content (AvgIpc) is 2.34. The number of aromatic hydroxyl groups is 1. The third-order valence-electron chi connectivity index (χ3n) is 3.78. The first kappa shape index (κ1) is 17.8. The van der Waals surface area contributed by atoms with Gasteiger partial charge in [0.2, 0.25) is 0 Å². The summed E-state index contributed by atoms with van der Waals surface area (Å²) in [4.78, 5) is 0. The molecule has 0 atom stereocenters. The highest BCUT2D eigenvalue weighted by Gasteiger charge is 2.26. The molecule has 2 N–H and O–H groups in total. The quantitative estimate of drug-likeness (QED) is 0.841. The maximum Gasteiger partial charge on any atom is 0.123 e. The number of benzene rings is 1. The molecule has 0 aromatic heterocycles. The van der Waals surface area contributed by atoms with Crippen LogP contribution in [0.3, 0.4) is 0 Å². The molecule has 21 heavy (non-hydrogen) atoms. The Morgan fingerprint density at radius 1 is 1.00 bits per heavy atom. The van der Waals surface area contributed by atoms with Crippen LogP contribution in [0.15, 0.2) is 17.7 Å². The van der Waals surface area contributed by atoms with Crippen molar-refractivity contribution in [2.75, 3.05) is 6.61 Å². The van der Waals surface area contributed by atoms with Crippen LogP contribution in [0.1, 0.15) is 71.6 Å². The van der Waals surface area contributed by atoms with Crippen molar-refractivity contribution in [2.24, 2.45) is 0 Å². The fourth-order valence-electron chi connectivity index (χ4n) is 2.38. The number of phenols is 1. The zero-order valence-corrected chi connectivity index (χ0v) is 14.5. The summed E-state index contributed by atoms with van der Waals surface area (Å²) in [5, 5.41) is 20.0. The number of aliphatic hydroxyl groups excluding tert-OH is 1. The van der Waals surface area contributed by atoms with Crippen LogP contribution in [-0.4, -0.2) is 16.8 Å². The van der Waals surface area contributed by atoms with E-state index in [4.69, 9.17) is 0 Å². The number of rotatable bonds is 3. The van der Waals surface area contributed by atoms with Crippen LogP contribution in [0, 0.1) is 0 Å². The Kier molecular flexibility index (Phi) is 5.27. The van der Waals surface area contributed by atoms with Crippen molar-refractivity contribution in [3.8, 4) is 5.75 Å². The monoisotopic (exact) mass is 290 g/mol. The highest BCUT2D eigenvalue weighted by molar-refractivity contribution is 5.61. The zero-order valence-electron chi connectivity index (χ0n) is 14.5. The Bertz CT molecular complexity index is 484. The SMILES string of the molecule is CCC(=Cc1cc(C(C)(C)C)c(O)c(C(C)(C)C)c1)CO. The lowest BCUT2D eigenvalue weighted by Crippen LogP contribution is -2.17. The van der Waals surface area contributed by atoms with Gasteiger partial charge in [-0.15, -0.1) is 0 Å². The lowest BCUT2D eigenvalue weighted by Gasteiger charge is -2.28. The Hall–Kier alpha value is -1.28. The number of phenolic OH excluding ortho intramolecular Hbond substituents is 1. The van der Waals surface area contributed by atoms with E-state index in [2.05, 4.69) is 41.5 Å². The molecule has 2 heteroatoms. The predicted molar refractivity (Wildman–Crippen MR) is 90.9 cm³/mol. The second-order valence-corrected chi connectivity index (χ2v) is 7.78.